The first-order chi connectivity index (χ1) is 10.7. The van der Waals surface area contributed by atoms with Gasteiger partial charge < -0.3 is 19.9 Å². The monoisotopic (exact) mass is 309 g/mol. The molecule has 22 heavy (non-hydrogen) atoms. The number of ether oxygens (including phenoxy) is 2. The second-order valence-corrected chi connectivity index (χ2v) is 6.27. The van der Waals surface area contributed by atoms with E-state index in [-0.39, 0.29) is 17.5 Å². The summed E-state index contributed by atoms with van der Waals surface area (Å²) >= 11 is 0. The van der Waals surface area contributed by atoms with Gasteiger partial charge >= 0.3 is 0 Å². The van der Waals surface area contributed by atoms with Crippen LogP contribution in [0.3, 0.4) is 0 Å². The Kier molecular flexibility index (Phi) is 5.08. The predicted molar refractivity (Wildman–Crippen MR) is 81.1 cm³/mol. The summed E-state index contributed by atoms with van der Waals surface area (Å²) in [5, 5.41) is 13.5. The fourth-order valence-corrected chi connectivity index (χ4v) is 2.94. The molecule has 1 saturated carbocycles. The first-order valence-corrected chi connectivity index (χ1v) is 8.06. The molecule has 1 unspecified atom stereocenters. The van der Waals surface area contributed by atoms with Crippen molar-refractivity contribution in [3.05, 3.63) is 35.6 Å². The topological polar surface area (TPSA) is 50.7 Å². The second kappa shape index (κ2) is 7.04. The van der Waals surface area contributed by atoms with Gasteiger partial charge in [0, 0.05) is 25.3 Å². The zero-order valence-electron chi connectivity index (χ0n) is 12.8. The summed E-state index contributed by atoms with van der Waals surface area (Å²) in [4.78, 5) is 0. The molecule has 2 N–H and O–H groups in total. The number of nitrogens with one attached hydrogen (secondary N) is 1. The molecule has 1 atom stereocenters. The summed E-state index contributed by atoms with van der Waals surface area (Å²) < 4.78 is 24.3. The van der Waals surface area contributed by atoms with Crippen LogP contribution in [-0.4, -0.2) is 43.7 Å². The van der Waals surface area contributed by atoms with Crippen molar-refractivity contribution in [1.82, 2.24) is 5.32 Å². The molecule has 5 heteroatoms. The normalized spacial score (nSPS) is 22.5. The summed E-state index contributed by atoms with van der Waals surface area (Å²) in [6.45, 7) is 2.26. The Morgan fingerprint density at radius 1 is 1.36 bits per heavy atom. The minimum absolute atomic E-state index is 0.165. The lowest BCUT2D eigenvalue weighted by Crippen LogP contribution is -2.38. The van der Waals surface area contributed by atoms with Crippen LogP contribution in [0, 0.1) is 5.82 Å². The summed E-state index contributed by atoms with van der Waals surface area (Å²) in [5.74, 6) is -0.214. The van der Waals surface area contributed by atoms with Crippen LogP contribution in [0.1, 0.15) is 31.2 Å². The molecule has 0 aromatic heterocycles. The van der Waals surface area contributed by atoms with E-state index in [2.05, 4.69) is 5.32 Å². The van der Waals surface area contributed by atoms with Crippen molar-refractivity contribution in [3.8, 4) is 0 Å². The highest BCUT2D eigenvalue weighted by molar-refractivity contribution is 5.30. The third-order valence-corrected chi connectivity index (χ3v) is 4.50. The molecule has 3 rings (SSSR count). The molecular formula is C17H24FNO3. The Labute approximate surface area is 130 Å². The molecule has 1 heterocycles. The van der Waals surface area contributed by atoms with Gasteiger partial charge in [0.15, 0.2) is 0 Å². The highest BCUT2D eigenvalue weighted by Gasteiger charge is 2.44. The van der Waals surface area contributed by atoms with Gasteiger partial charge in [0.1, 0.15) is 5.82 Å². The molecular weight excluding hydrogens is 285 g/mol. The van der Waals surface area contributed by atoms with Gasteiger partial charge in [0.2, 0.25) is 0 Å². The Hall–Kier alpha value is -1.01. The van der Waals surface area contributed by atoms with Crippen molar-refractivity contribution in [3.63, 3.8) is 0 Å². The minimum atomic E-state index is -0.547. The van der Waals surface area contributed by atoms with E-state index in [1.807, 2.05) is 6.07 Å². The maximum Gasteiger partial charge on any atom is 0.123 e. The molecule has 1 saturated heterocycles. The number of halogens is 1. The number of benzene rings is 1. The lowest BCUT2D eigenvalue weighted by molar-refractivity contribution is -0.0590. The second-order valence-electron chi connectivity index (χ2n) is 6.27. The Bertz CT molecular complexity index is 487. The van der Waals surface area contributed by atoms with E-state index in [1.54, 1.807) is 12.1 Å². The van der Waals surface area contributed by atoms with E-state index >= 15 is 0 Å². The maximum atomic E-state index is 13.3. The Balaban J connectivity index is 1.43. The van der Waals surface area contributed by atoms with Crippen molar-refractivity contribution in [2.24, 2.45) is 0 Å². The van der Waals surface area contributed by atoms with Crippen molar-refractivity contribution in [1.29, 1.82) is 0 Å². The summed E-state index contributed by atoms with van der Waals surface area (Å²) in [6.07, 6.45) is 3.39. The zero-order valence-corrected chi connectivity index (χ0v) is 12.8. The van der Waals surface area contributed by atoms with Crippen LogP contribution in [0.2, 0.25) is 0 Å². The summed E-state index contributed by atoms with van der Waals surface area (Å²) in [7, 11) is 0. The van der Waals surface area contributed by atoms with Gasteiger partial charge in [-0.25, -0.2) is 4.39 Å². The Morgan fingerprint density at radius 2 is 2.14 bits per heavy atom. The van der Waals surface area contributed by atoms with Gasteiger partial charge in [-0.1, -0.05) is 12.1 Å². The average molecular weight is 309 g/mol. The van der Waals surface area contributed by atoms with Crippen LogP contribution in [0.15, 0.2) is 24.3 Å². The molecule has 0 bridgehead atoms. The fraction of sp³-hybridized carbons (Fsp3) is 0.647. The highest BCUT2D eigenvalue weighted by Crippen LogP contribution is 2.45. The fourth-order valence-electron chi connectivity index (χ4n) is 2.94. The van der Waals surface area contributed by atoms with Crippen molar-refractivity contribution in [2.45, 2.75) is 43.4 Å². The van der Waals surface area contributed by atoms with Crippen LogP contribution in [0.5, 0.6) is 0 Å². The van der Waals surface area contributed by atoms with Gasteiger partial charge in [-0.15, -0.1) is 0 Å². The Morgan fingerprint density at radius 3 is 2.82 bits per heavy atom. The van der Waals surface area contributed by atoms with Gasteiger partial charge in [0.25, 0.3) is 0 Å². The predicted octanol–water partition coefficient (Wildman–Crippen LogP) is 1.96. The zero-order chi connectivity index (χ0) is 15.4. The van der Waals surface area contributed by atoms with Crippen LogP contribution >= 0.6 is 0 Å². The lowest BCUT2D eigenvalue weighted by atomic mass is 10.0. The summed E-state index contributed by atoms with van der Waals surface area (Å²) in [6, 6.07) is 6.70. The van der Waals surface area contributed by atoms with Gasteiger partial charge in [-0.3, -0.25) is 0 Å². The number of aliphatic hydroxyl groups excluding tert-OH is 1. The summed E-state index contributed by atoms with van der Waals surface area (Å²) in [5.41, 5.74) is 0.798. The first-order valence-electron chi connectivity index (χ1n) is 8.06. The largest absolute Gasteiger partial charge is 0.389 e. The standard InChI is InChI=1S/C17H24FNO3/c18-14-3-1-2-13(10-14)17(6-7-17)19-11-15(20)12-22-16-4-8-21-9-5-16/h1-3,10,15-16,19-20H,4-9,11-12H2. The minimum Gasteiger partial charge on any atom is -0.389 e. The average Bonchev–Trinajstić information content (AvgIpc) is 3.33. The molecule has 0 amide bonds. The van der Waals surface area contributed by atoms with Crippen molar-refractivity contribution in [2.75, 3.05) is 26.4 Å². The van der Waals surface area contributed by atoms with Crippen molar-refractivity contribution < 1.29 is 19.0 Å². The number of rotatable bonds is 7. The lowest BCUT2D eigenvalue weighted by Gasteiger charge is -2.25. The van der Waals surface area contributed by atoms with Crippen LogP contribution in [0.4, 0.5) is 4.39 Å². The van der Waals surface area contributed by atoms with Crippen LogP contribution < -0.4 is 5.32 Å². The maximum absolute atomic E-state index is 13.3. The molecule has 0 spiro atoms. The van der Waals surface area contributed by atoms with E-state index < -0.39 is 6.10 Å². The van der Waals surface area contributed by atoms with E-state index in [9.17, 15) is 9.50 Å². The van der Waals surface area contributed by atoms with E-state index in [0.717, 1.165) is 44.5 Å². The quantitative estimate of drug-likeness (QED) is 0.808. The van der Waals surface area contributed by atoms with Gasteiger partial charge in [-0.05, 0) is 43.4 Å². The number of hydrogen-bond donors (Lipinski definition) is 2. The molecule has 1 aliphatic heterocycles. The van der Waals surface area contributed by atoms with E-state index in [4.69, 9.17) is 9.47 Å². The van der Waals surface area contributed by atoms with Crippen LogP contribution in [0.25, 0.3) is 0 Å². The molecule has 0 radical (unpaired) electrons. The number of hydrogen-bond acceptors (Lipinski definition) is 4. The molecule has 2 fully saturated rings. The highest BCUT2D eigenvalue weighted by atomic mass is 19.1. The molecule has 1 aromatic carbocycles. The molecule has 1 aromatic rings. The first kappa shape index (κ1) is 15.9. The van der Waals surface area contributed by atoms with Gasteiger partial charge in [-0.2, -0.15) is 0 Å². The molecule has 4 nitrogen and oxygen atoms in total. The van der Waals surface area contributed by atoms with E-state index in [1.165, 1.54) is 6.07 Å². The smallest absolute Gasteiger partial charge is 0.123 e. The third-order valence-electron chi connectivity index (χ3n) is 4.50. The van der Waals surface area contributed by atoms with Crippen LogP contribution in [-0.2, 0) is 15.0 Å². The van der Waals surface area contributed by atoms with Crippen molar-refractivity contribution >= 4 is 0 Å². The number of aliphatic hydroxyl groups is 1. The molecule has 2 aliphatic rings. The van der Waals surface area contributed by atoms with E-state index in [0.29, 0.717) is 13.2 Å². The molecule has 1 aliphatic carbocycles. The molecule has 122 valence electrons. The SMILES string of the molecule is OC(CNC1(c2cccc(F)c2)CC1)COC1CCOCC1. The van der Waals surface area contributed by atoms with Gasteiger partial charge in [0.05, 0.1) is 18.8 Å². The third kappa shape index (κ3) is 4.04.